The van der Waals surface area contributed by atoms with E-state index in [2.05, 4.69) is 5.16 Å². The Balaban J connectivity index is 1.34. The van der Waals surface area contributed by atoms with Crippen molar-refractivity contribution in [3.05, 3.63) is 42.2 Å². The Morgan fingerprint density at radius 1 is 1.24 bits per heavy atom. The van der Waals surface area contributed by atoms with Crippen LogP contribution in [0.25, 0.3) is 11.3 Å². The summed E-state index contributed by atoms with van der Waals surface area (Å²) in [4.78, 5) is 14.5. The number of aliphatic hydroxyl groups excluding tert-OH is 1. The Morgan fingerprint density at radius 3 is 2.64 bits per heavy atom. The van der Waals surface area contributed by atoms with Crippen LogP contribution >= 0.6 is 0 Å². The van der Waals surface area contributed by atoms with Crippen LogP contribution in [-0.2, 0) is 11.2 Å². The number of aliphatic hydroxyl groups is 1. The van der Waals surface area contributed by atoms with Crippen molar-refractivity contribution in [1.82, 2.24) is 10.1 Å². The van der Waals surface area contributed by atoms with Crippen LogP contribution < -0.4 is 0 Å². The molecule has 1 unspecified atom stereocenters. The highest BCUT2D eigenvalue weighted by molar-refractivity contribution is 5.77. The largest absolute Gasteiger partial charge is 0.393 e. The lowest BCUT2D eigenvalue weighted by Gasteiger charge is -2.51. The summed E-state index contributed by atoms with van der Waals surface area (Å²) in [6.07, 6.45) is 6.49. The molecule has 5 heteroatoms. The summed E-state index contributed by atoms with van der Waals surface area (Å²) in [5.74, 6) is 0.184. The summed E-state index contributed by atoms with van der Waals surface area (Å²) < 4.78 is 5.14. The quantitative estimate of drug-likeness (QED) is 0.929. The molecule has 1 saturated heterocycles. The van der Waals surface area contributed by atoms with Crippen LogP contribution in [0.4, 0.5) is 0 Å². The Kier molecular flexibility index (Phi) is 4.34. The fourth-order valence-corrected chi connectivity index (χ4v) is 4.13. The SMILES string of the molecule is O=C(CCc1conc1-c1ccccc1)N1CCC2(CCC2O)CC1. The maximum atomic E-state index is 12.6. The van der Waals surface area contributed by atoms with Crippen molar-refractivity contribution in [3.8, 4) is 11.3 Å². The van der Waals surface area contributed by atoms with E-state index in [-0.39, 0.29) is 17.4 Å². The summed E-state index contributed by atoms with van der Waals surface area (Å²) in [6.45, 7) is 1.54. The van der Waals surface area contributed by atoms with Gasteiger partial charge in [0, 0.05) is 30.6 Å². The minimum atomic E-state index is -0.157. The van der Waals surface area contributed by atoms with Gasteiger partial charge in [0.1, 0.15) is 12.0 Å². The molecule has 1 amide bonds. The second-order valence-electron chi connectivity index (χ2n) is 7.35. The van der Waals surface area contributed by atoms with Crippen LogP contribution in [0.2, 0.25) is 0 Å². The van der Waals surface area contributed by atoms with Crippen LogP contribution in [0, 0.1) is 5.41 Å². The number of rotatable bonds is 4. The lowest BCUT2D eigenvalue weighted by molar-refractivity contribution is -0.141. The van der Waals surface area contributed by atoms with Crippen molar-refractivity contribution in [2.24, 2.45) is 5.41 Å². The Morgan fingerprint density at radius 2 is 2.00 bits per heavy atom. The molecule has 0 bridgehead atoms. The Hall–Kier alpha value is -2.14. The molecule has 2 aliphatic rings. The molecule has 25 heavy (non-hydrogen) atoms. The first-order valence-electron chi connectivity index (χ1n) is 9.12. The number of benzene rings is 1. The van der Waals surface area contributed by atoms with Gasteiger partial charge in [0.25, 0.3) is 0 Å². The summed E-state index contributed by atoms with van der Waals surface area (Å²) in [5, 5.41) is 14.1. The van der Waals surface area contributed by atoms with Crippen molar-refractivity contribution in [1.29, 1.82) is 0 Å². The number of aromatic nitrogens is 1. The predicted molar refractivity (Wildman–Crippen MR) is 93.7 cm³/mol. The van der Waals surface area contributed by atoms with E-state index in [4.69, 9.17) is 4.52 Å². The zero-order valence-corrected chi connectivity index (χ0v) is 14.4. The maximum absolute atomic E-state index is 12.6. The van der Waals surface area contributed by atoms with Gasteiger partial charge in [0.15, 0.2) is 0 Å². The number of carbonyl (C=O) groups excluding carboxylic acids is 1. The van der Waals surface area contributed by atoms with Crippen molar-refractivity contribution in [3.63, 3.8) is 0 Å². The highest BCUT2D eigenvalue weighted by Crippen LogP contribution is 2.49. The standard InChI is InChI=1S/C20H24N2O3/c23-17-8-9-20(17)10-12-22(13-11-20)18(24)7-6-16-14-25-21-19(16)15-4-2-1-3-5-15/h1-5,14,17,23H,6-13H2. The van der Waals surface area contributed by atoms with Gasteiger partial charge < -0.3 is 14.5 Å². The fraction of sp³-hybridized carbons (Fsp3) is 0.500. The number of piperidine rings is 1. The van der Waals surface area contributed by atoms with E-state index in [1.807, 2.05) is 35.2 Å². The van der Waals surface area contributed by atoms with Crippen molar-refractivity contribution in [2.75, 3.05) is 13.1 Å². The van der Waals surface area contributed by atoms with Gasteiger partial charge in [-0.25, -0.2) is 0 Å². The normalized spacial score (nSPS) is 22.0. The third-order valence-electron chi connectivity index (χ3n) is 6.03. The molecule has 1 spiro atoms. The molecule has 4 rings (SSSR count). The molecule has 2 aromatic rings. The number of likely N-dealkylation sites (tertiary alicyclic amines) is 1. The van der Waals surface area contributed by atoms with Crippen LogP contribution in [0.5, 0.6) is 0 Å². The van der Waals surface area contributed by atoms with Gasteiger partial charge in [0.05, 0.1) is 6.10 Å². The van der Waals surface area contributed by atoms with Gasteiger partial charge in [-0.3, -0.25) is 4.79 Å². The van der Waals surface area contributed by atoms with Crippen LogP contribution in [-0.4, -0.2) is 40.3 Å². The summed E-state index contributed by atoms with van der Waals surface area (Å²) in [7, 11) is 0. The molecule has 1 atom stereocenters. The van der Waals surface area contributed by atoms with Gasteiger partial charge in [-0.05, 0) is 37.5 Å². The molecular formula is C20H24N2O3. The third-order valence-corrected chi connectivity index (χ3v) is 6.03. The third kappa shape index (κ3) is 3.09. The van der Waals surface area contributed by atoms with Gasteiger partial charge in [0.2, 0.25) is 5.91 Å². The average Bonchev–Trinajstić information content (AvgIpc) is 3.14. The van der Waals surface area contributed by atoms with E-state index in [1.165, 1.54) is 0 Å². The van der Waals surface area contributed by atoms with Crippen molar-refractivity contribution < 1.29 is 14.4 Å². The molecule has 1 aliphatic heterocycles. The second kappa shape index (κ2) is 6.64. The van der Waals surface area contributed by atoms with Gasteiger partial charge in [-0.1, -0.05) is 35.5 Å². The predicted octanol–water partition coefficient (Wildman–Crippen LogP) is 3.04. The van der Waals surface area contributed by atoms with E-state index >= 15 is 0 Å². The van der Waals surface area contributed by atoms with E-state index in [0.717, 1.165) is 55.6 Å². The van der Waals surface area contributed by atoms with Gasteiger partial charge >= 0.3 is 0 Å². The van der Waals surface area contributed by atoms with Crippen molar-refractivity contribution in [2.45, 2.75) is 44.6 Å². The van der Waals surface area contributed by atoms with Crippen LogP contribution in [0.15, 0.2) is 41.1 Å². The summed E-state index contributed by atoms with van der Waals surface area (Å²) in [5.41, 5.74) is 2.91. The molecule has 1 N–H and O–H groups in total. The fourth-order valence-electron chi connectivity index (χ4n) is 4.13. The number of amides is 1. The molecule has 132 valence electrons. The first kappa shape index (κ1) is 16.3. The maximum Gasteiger partial charge on any atom is 0.222 e. The minimum Gasteiger partial charge on any atom is -0.393 e. The molecule has 0 radical (unpaired) electrons. The summed E-state index contributed by atoms with van der Waals surface area (Å²) >= 11 is 0. The van der Waals surface area contributed by atoms with Crippen LogP contribution in [0.1, 0.15) is 37.7 Å². The molecule has 2 fully saturated rings. The van der Waals surface area contributed by atoms with Gasteiger partial charge in [-0.2, -0.15) is 0 Å². The highest BCUT2D eigenvalue weighted by Gasteiger charge is 2.47. The molecule has 2 heterocycles. The highest BCUT2D eigenvalue weighted by atomic mass is 16.5. The molecular weight excluding hydrogens is 316 g/mol. The zero-order valence-electron chi connectivity index (χ0n) is 14.4. The molecule has 1 saturated carbocycles. The molecule has 1 aliphatic carbocycles. The smallest absolute Gasteiger partial charge is 0.222 e. The van der Waals surface area contributed by atoms with Gasteiger partial charge in [-0.15, -0.1) is 0 Å². The van der Waals surface area contributed by atoms with E-state index in [9.17, 15) is 9.90 Å². The van der Waals surface area contributed by atoms with E-state index < -0.39 is 0 Å². The molecule has 1 aromatic heterocycles. The lowest BCUT2D eigenvalue weighted by Crippen LogP contribution is -2.53. The number of hydrogen-bond donors (Lipinski definition) is 1. The number of nitrogens with zero attached hydrogens (tertiary/aromatic N) is 2. The average molecular weight is 340 g/mol. The number of aryl methyl sites for hydroxylation is 1. The topological polar surface area (TPSA) is 66.6 Å². The van der Waals surface area contributed by atoms with Crippen LogP contribution in [0.3, 0.4) is 0 Å². The molecule has 5 nitrogen and oxygen atoms in total. The first-order valence-corrected chi connectivity index (χ1v) is 9.12. The first-order chi connectivity index (χ1) is 12.2. The number of hydrogen-bond acceptors (Lipinski definition) is 4. The Labute approximate surface area is 147 Å². The summed E-state index contributed by atoms with van der Waals surface area (Å²) in [6, 6.07) is 9.90. The number of carbonyl (C=O) groups is 1. The monoisotopic (exact) mass is 340 g/mol. The zero-order chi connectivity index (χ0) is 17.3. The molecule has 1 aromatic carbocycles. The minimum absolute atomic E-state index is 0.103. The second-order valence-corrected chi connectivity index (χ2v) is 7.35. The Bertz CT molecular complexity index is 732. The lowest BCUT2D eigenvalue weighted by atomic mass is 9.61. The van der Waals surface area contributed by atoms with Crippen molar-refractivity contribution >= 4 is 5.91 Å². The van der Waals surface area contributed by atoms with E-state index in [0.29, 0.717) is 12.8 Å². The van der Waals surface area contributed by atoms with E-state index in [1.54, 1.807) is 6.26 Å².